The summed E-state index contributed by atoms with van der Waals surface area (Å²) in [6.07, 6.45) is 2.12. The Bertz CT molecular complexity index is 85.0. The fraction of sp³-hybridized carbons (Fsp3) is 1.00. The van der Waals surface area contributed by atoms with Gasteiger partial charge in [0.2, 0.25) is 0 Å². The summed E-state index contributed by atoms with van der Waals surface area (Å²) in [5.41, 5.74) is 5.65. The molecule has 1 unspecified atom stereocenters. The average molecular weight is 161 g/mol. The predicted molar refractivity (Wildman–Crippen MR) is 46.0 cm³/mol. The number of nitrogens with zero attached hydrogens (tertiary/aromatic N) is 1. The molecule has 0 saturated carbocycles. The first kappa shape index (κ1) is 10.8. The molecule has 5 nitrogen and oxygen atoms in total. The molecule has 68 valence electrons. The lowest BCUT2D eigenvalue weighted by molar-refractivity contribution is 0.238. The highest BCUT2D eigenvalue weighted by Crippen LogP contribution is 1.92. The largest absolute Gasteiger partial charge is 0.271 e. The minimum atomic E-state index is 0.375. The van der Waals surface area contributed by atoms with E-state index in [1.165, 1.54) is 5.12 Å². The summed E-state index contributed by atoms with van der Waals surface area (Å²) in [4.78, 5) is 0. The van der Waals surface area contributed by atoms with Crippen LogP contribution in [0, 0.1) is 0 Å². The van der Waals surface area contributed by atoms with Crippen LogP contribution < -0.4 is 22.5 Å². The Kier molecular flexibility index (Phi) is 6.39. The average Bonchev–Trinajstić information content (AvgIpc) is 1.97. The van der Waals surface area contributed by atoms with Gasteiger partial charge in [0.1, 0.15) is 0 Å². The SMILES string of the molecule is CC(CCCNN(C)N)NN. The molecule has 0 bridgehead atoms. The summed E-state index contributed by atoms with van der Waals surface area (Å²) in [7, 11) is 1.77. The zero-order chi connectivity index (χ0) is 8.69. The monoisotopic (exact) mass is 161 g/mol. The van der Waals surface area contributed by atoms with Crippen LogP contribution in [0.2, 0.25) is 0 Å². The van der Waals surface area contributed by atoms with Crippen LogP contribution >= 0.6 is 0 Å². The topological polar surface area (TPSA) is 79.3 Å². The normalized spacial score (nSPS) is 13.9. The smallest absolute Gasteiger partial charge is 0.0182 e. The van der Waals surface area contributed by atoms with Gasteiger partial charge in [-0.2, -0.15) is 5.12 Å². The number of rotatable bonds is 6. The van der Waals surface area contributed by atoms with Crippen molar-refractivity contribution in [2.75, 3.05) is 13.6 Å². The van der Waals surface area contributed by atoms with Gasteiger partial charge in [-0.15, -0.1) is 0 Å². The Morgan fingerprint density at radius 2 is 2.18 bits per heavy atom. The van der Waals surface area contributed by atoms with Crippen molar-refractivity contribution in [2.45, 2.75) is 25.8 Å². The van der Waals surface area contributed by atoms with Crippen molar-refractivity contribution in [1.29, 1.82) is 0 Å². The zero-order valence-electron chi connectivity index (χ0n) is 7.30. The standard InChI is InChI=1S/C6H19N5/c1-6(10-7)4-3-5-9-11(2)8/h6,9-10H,3-5,7-8H2,1-2H3. The molecule has 0 aromatic heterocycles. The van der Waals surface area contributed by atoms with Gasteiger partial charge in [0, 0.05) is 19.6 Å². The summed E-state index contributed by atoms with van der Waals surface area (Å²) in [5.74, 6) is 10.5. The van der Waals surface area contributed by atoms with Crippen molar-refractivity contribution < 1.29 is 0 Å². The van der Waals surface area contributed by atoms with E-state index in [4.69, 9.17) is 11.7 Å². The first-order chi connectivity index (χ1) is 5.16. The molecule has 0 rings (SSSR count). The Balaban J connectivity index is 3.01. The highest BCUT2D eigenvalue weighted by atomic mass is 15.6. The van der Waals surface area contributed by atoms with Gasteiger partial charge in [0.05, 0.1) is 0 Å². The van der Waals surface area contributed by atoms with Crippen molar-refractivity contribution in [1.82, 2.24) is 16.0 Å². The van der Waals surface area contributed by atoms with Crippen LogP contribution in [-0.4, -0.2) is 24.8 Å². The lowest BCUT2D eigenvalue weighted by Crippen LogP contribution is -2.41. The van der Waals surface area contributed by atoms with E-state index in [1.807, 2.05) is 6.92 Å². The Morgan fingerprint density at radius 1 is 1.55 bits per heavy atom. The van der Waals surface area contributed by atoms with Gasteiger partial charge in [-0.1, -0.05) is 0 Å². The van der Waals surface area contributed by atoms with Crippen LogP contribution in [0.5, 0.6) is 0 Å². The number of hydrogen-bond acceptors (Lipinski definition) is 5. The van der Waals surface area contributed by atoms with Gasteiger partial charge in [-0.25, -0.2) is 5.43 Å². The number of nitrogens with one attached hydrogen (secondary N) is 2. The van der Waals surface area contributed by atoms with Gasteiger partial charge >= 0.3 is 0 Å². The van der Waals surface area contributed by atoms with Gasteiger partial charge < -0.3 is 0 Å². The molecule has 0 aliphatic carbocycles. The second-order valence-corrected chi connectivity index (χ2v) is 2.73. The molecule has 0 aromatic carbocycles. The third-order valence-electron chi connectivity index (χ3n) is 1.46. The van der Waals surface area contributed by atoms with Crippen molar-refractivity contribution >= 4 is 0 Å². The maximum atomic E-state index is 5.32. The maximum Gasteiger partial charge on any atom is 0.0182 e. The highest BCUT2D eigenvalue weighted by Gasteiger charge is 1.97. The van der Waals surface area contributed by atoms with Crippen LogP contribution in [0.4, 0.5) is 0 Å². The molecular weight excluding hydrogens is 142 g/mol. The Labute approximate surface area is 68.0 Å². The summed E-state index contributed by atoms with van der Waals surface area (Å²) in [6, 6.07) is 0.375. The van der Waals surface area contributed by atoms with Crippen molar-refractivity contribution in [3.05, 3.63) is 0 Å². The minimum absolute atomic E-state index is 0.375. The van der Waals surface area contributed by atoms with Crippen LogP contribution in [0.1, 0.15) is 19.8 Å². The summed E-state index contributed by atoms with van der Waals surface area (Å²) in [6.45, 7) is 2.94. The molecule has 0 heterocycles. The Morgan fingerprint density at radius 3 is 2.64 bits per heavy atom. The fourth-order valence-corrected chi connectivity index (χ4v) is 0.747. The molecule has 0 radical (unpaired) electrons. The molecule has 0 saturated heterocycles. The van der Waals surface area contributed by atoms with E-state index in [-0.39, 0.29) is 0 Å². The number of nitrogens with two attached hydrogens (primary N) is 2. The van der Waals surface area contributed by atoms with Crippen molar-refractivity contribution in [3.63, 3.8) is 0 Å². The Hall–Kier alpha value is -0.200. The minimum Gasteiger partial charge on any atom is -0.271 e. The van der Waals surface area contributed by atoms with Crippen LogP contribution in [0.3, 0.4) is 0 Å². The molecule has 0 amide bonds. The van der Waals surface area contributed by atoms with Gasteiger partial charge in [0.15, 0.2) is 0 Å². The fourth-order valence-electron chi connectivity index (χ4n) is 0.747. The summed E-state index contributed by atoms with van der Waals surface area (Å²) >= 11 is 0. The zero-order valence-corrected chi connectivity index (χ0v) is 7.30. The molecule has 0 aromatic rings. The van der Waals surface area contributed by atoms with Crippen LogP contribution in [0.25, 0.3) is 0 Å². The second-order valence-electron chi connectivity index (χ2n) is 2.73. The van der Waals surface area contributed by atoms with Gasteiger partial charge in [-0.3, -0.25) is 17.1 Å². The molecule has 0 spiro atoms. The lowest BCUT2D eigenvalue weighted by atomic mass is 10.2. The summed E-state index contributed by atoms with van der Waals surface area (Å²) < 4.78 is 0. The van der Waals surface area contributed by atoms with E-state index in [9.17, 15) is 0 Å². The lowest BCUT2D eigenvalue weighted by Gasteiger charge is -2.13. The number of hydrogen-bond donors (Lipinski definition) is 4. The van der Waals surface area contributed by atoms with Crippen LogP contribution in [0.15, 0.2) is 0 Å². The molecule has 1 atom stereocenters. The van der Waals surface area contributed by atoms with E-state index < -0.39 is 0 Å². The van der Waals surface area contributed by atoms with E-state index >= 15 is 0 Å². The molecule has 0 aliphatic heterocycles. The van der Waals surface area contributed by atoms with E-state index in [0.29, 0.717) is 6.04 Å². The molecule has 5 heteroatoms. The first-order valence-electron chi connectivity index (χ1n) is 3.85. The van der Waals surface area contributed by atoms with Crippen molar-refractivity contribution in [3.8, 4) is 0 Å². The quantitative estimate of drug-likeness (QED) is 0.227. The van der Waals surface area contributed by atoms with E-state index in [0.717, 1.165) is 19.4 Å². The number of hydrazine groups is 3. The van der Waals surface area contributed by atoms with Gasteiger partial charge in [-0.05, 0) is 19.8 Å². The highest BCUT2D eigenvalue weighted by molar-refractivity contribution is 4.55. The third-order valence-corrected chi connectivity index (χ3v) is 1.46. The third kappa shape index (κ3) is 7.70. The molecule has 0 fully saturated rings. The molecular formula is C6H19N5. The van der Waals surface area contributed by atoms with E-state index in [1.54, 1.807) is 7.05 Å². The van der Waals surface area contributed by atoms with Crippen LogP contribution in [-0.2, 0) is 0 Å². The summed E-state index contributed by atoms with van der Waals surface area (Å²) in [5, 5.41) is 1.46. The van der Waals surface area contributed by atoms with Crippen molar-refractivity contribution in [2.24, 2.45) is 11.7 Å². The predicted octanol–water partition coefficient (Wildman–Crippen LogP) is -1.07. The molecule has 6 N–H and O–H groups in total. The first-order valence-corrected chi connectivity index (χ1v) is 3.85. The van der Waals surface area contributed by atoms with E-state index in [2.05, 4.69) is 10.9 Å². The molecule has 11 heavy (non-hydrogen) atoms. The van der Waals surface area contributed by atoms with Gasteiger partial charge in [0.25, 0.3) is 0 Å². The maximum absolute atomic E-state index is 5.32. The molecule has 0 aliphatic rings. The second kappa shape index (κ2) is 6.51.